The van der Waals surface area contributed by atoms with E-state index in [1.54, 1.807) is 11.3 Å². The normalized spacial score (nSPS) is 15.3. The van der Waals surface area contributed by atoms with Crippen LogP contribution in [-0.4, -0.2) is 59.8 Å². The first kappa shape index (κ1) is 18.2. The highest BCUT2D eigenvalue weighted by Gasteiger charge is 2.14. The number of aromatic nitrogens is 2. The first-order valence-corrected chi connectivity index (χ1v) is 10.1. The Morgan fingerprint density at radius 2 is 1.93 bits per heavy atom. The maximum Gasteiger partial charge on any atom is 0.251 e. The smallest absolute Gasteiger partial charge is 0.251 e. The number of aryl methyl sites for hydroxylation is 2. The highest BCUT2D eigenvalue weighted by molar-refractivity contribution is 7.20. The minimum atomic E-state index is -0.0339. The van der Waals surface area contributed by atoms with Crippen molar-refractivity contribution in [1.29, 1.82) is 0 Å². The molecule has 0 atom stereocenters. The molecule has 0 bridgehead atoms. The zero-order valence-corrected chi connectivity index (χ0v) is 16.5. The molecular weight excluding hydrogens is 360 g/mol. The number of hydrogen-bond donors (Lipinski definition) is 1. The van der Waals surface area contributed by atoms with Gasteiger partial charge in [0.25, 0.3) is 5.91 Å². The van der Waals surface area contributed by atoms with Crippen molar-refractivity contribution in [1.82, 2.24) is 19.8 Å². The van der Waals surface area contributed by atoms with Crippen LogP contribution < -0.4 is 5.32 Å². The first-order valence-electron chi connectivity index (χ1n) is 9.26. The molecule has 1 aliphatic rings. The molecule has 0 saturated carbocycles. The lowest BCUT2D eigenvalue weighted by molar-refractivity contribution is 0.0383. The monoisotopic (exact) mass is 384 g/mol. The van der Waals surface area contributed by atoms with Gasteiger partial charge in [-0.3, -0.25) is 14.3 Å². The van der Waals surface area contributed by atoms with Crippen LogP contribution in [0.3, 0.4) is 0 Å². The van der Waals surface area contributed by atoms with Gasteiger partial charge in [0.1, 0.15) is 0 Å². The van der Waals surface area contributed by atoms with E-state index in [4.69, 9.17) is 9.72 Å². The number of ether oxygens (including phenoxy) is 1. The van der Waals surface area contributed by atoms with Gasteiger partial charge in [0, 0.05) is 43.1 Å². The first-order chi connectivity index (χ1) is 13.1. The van der Waals surface area contributed by atoms with Crippen LogP contribution >= 0.6 is 11.3 Å². The molecule has 6 nitrogen and oxygen atoms in total. The summed E-state index contributed by atoms with van der Waals surface area (Å²) in [5, 5.41) is 3.96. The number of rotatable bonds is 5. The van der Waals surface area contributed by atoms with Gasteiger partial charge in [0.2, 0.25) is 0 Å². The summed E-state index contributed by atoms with van der Waals surface area (Å²) >= 11 is 1.61. The third kappa shape index (κ3) is 3.90. The maximum atomic E-state index is 12.5. The molecule has 142 valence electrons. The summed E-state index contributed by atoms with van der Waals surface area (Å²) in [4.78, 5) is 19.5. The molecular formula is C20H24N4O2S. The summed E-state index contributed by atoms with van der Waals surface area (Å²) < 4.78 is 8.52. The van der Waals surface area contributed by atoms with E-state index in [-0.39, 0.29) is 5.91 Å². The SMILES string of the molecule is Cc1ccc(C)n1-c1nc2ccc(C(=O)NCCN3CCOCC3)cc2s1. The van der Waals surface area contributed by atoms with Crippen molar-refractivity contribution >= 4 is 27.5 Å². The predicted octanol–water partition coefficient (Wildman–Crippen LogP) is 2.77. The molecule has 1 N–H and O–H groups in total. The van der Waals surface area contributed by atoms with Crippen LogP contribution in [0.4, 0.5) is 0 Å². The van der Waals surface area contributed by atoms with Crippen molar-refractivity contribution in [2.45, 2.75) is 13.8 Å². The highest BCUT2D eigenvalue weighted by atomic mass is 32.1. The summed E-state index contributed by atoms with van der Waals surface area (Å²) in [6.45, 7) is 9.07. The second-order valence-electron chi connectivity index (χ2n) is 6.84. The number of morpholine rings is 1. The highest BCUT2D eigenvalue weighted by Crippen LogP contribution is 2.28. The van der Waals surface area contributed by atoms with E-state index in [0.717, 1.165) is 59.6 Å². The van der Waals surface area contributed by atoms with Crippen molar-refractivity contribution in [2.75, 3.05) is 39.4 Å². The Morgan fingerprint density at radius 3 is 2.67 bits per heavy atom. The lowest BCUT2D eigenvalue weighted by Gasteiger charge is -2.26. The summed E-state index contributed by atoms with van der Waals surface area (Å²) in [7, 11) is 0. The zero-order valence-electron chi connectivity index (χ0n) is 15.7. The van der Waals surface area contributed by atoms with E-state index in [2.05, 4.69) is 40.8 Å². The molecule has 2 aromatic heterocycles. The molecule has 0 spiro atoms. The number of fused-ring (bicyclic) bond motifs is 1. The van der Waals surface area contributed by atoms with Gasteiger partial charge in [-0.05, 0) is 44.2 Å². The van der Waals surface area contributed by atoms with Gasteiger partial charge in [-0.15, -0.1) is 0 Å². The van der Waals surface area contributed by atoms with Gasteiger partial charge in [-0.1, -0.05) is 11.3 Å². The van der Waals surface area contributed by atoms with Crippen molar-refractivity contribution in [2.24, 2.45) is 0 Å². The number of hydrogen-bond acceptors (Lipinski definition) is 5. The molecule has 1 fully saturated rings. The van der Waals surface area contributed by atoms with Gasteiger partial charge >= 0.3 is 0 Å². The van der Waals surface area contributed by atoms with E-state index >= 15 is 0 Å². The number of thiazole rings is 1. The largest absolute Gasteiger partial charge is 0.379 e. The molecule has 1 amide bonds. The van der Waals surface area contributed by atoms with E-state index in [1.165, 1.54) is 0 Å². The number of amides is 1. The van der Waals surface area contributed by atoms with Crippen LogP contribution in [0.25, 0.3) is 15.3 Å². The number of nitrogens with zero attached hydrogens (tertiary/aromatic N) is 3. The van der Waals surface area contributed by atoms with Gasteiger partial charge in [-0.25, -0.2) is 4.98 Å². The number of nitrogens with one attached hydrogen (secondary N) is 1. The van der Waals surface area contributed by atoms with Crippen molar-refractivity contribution in [3.8, 4) is 5.13 Å². The Labute approximate surface area is 162 Å². The Balaban J connectivity index is 1.45. The Bertz CT molecular complexity index is 937. The Kier molecular flexibility index (Phi) is 5.24. The lowest BCUT2D eigenvalue weighted by atomic mass is 10.2. The average molecular weight is 385 g/mol. The molecule has 0 radical (unpaired) electrons. The minimum Gasteiger partial charge on any atom is -0.379 e. The average Bonchev–Trinajstić information content (AvgIpc) is 3.24. The van der Waals surface area contributed by atoms with Crippen LogP contribution in [0, 0.1) is 13.8 Å². The van der Waals surface area contributed by atoms with Crippen LogP contribution in [-0.2, 0) is 4.74 Å². The molecule has 1 aromatic carbocycles. The number of carbonyl (C=O) groups excluding carboxylic acids is 1. The summed E-state index contributed by atoms with van der Waals surface area (Å²) in [6, 6.07) is 9.91. The van der Waals surface area contributed by atoms with E-state index in [9.17, 15) is 4.79 Å². The third-order valence-corrected chi connectivity index (χ3v) is 5.92. The van der Waals surface area contributed by atoms with Gasteiger partial charge < -0.3 is 10.1 Å². The second kappa shape index (κ2) is 7.80. The quantitative estimate of drug-likeness (QED) is 0.735. The number of carbonyl (C=O) groups is 1. The van der Waals surface area contributed by atoms with E-state index < -0.39 is 0 Å². The fraction of sp³-hybridized carbons (Fsp3) is 0.400. The van der Waals surface area contributed by atoms with Crippen LogP contribution in [0.5, 0.6) is 0 Å². The van der Waals surface area contributed by atoms with Crippen LogP contribution in [0.15, 0.2) is 30.3 Å². The Hall–Kier alpha value is -2.22. The third-order valence-electron chi connectivity index (χ3n) is 4.92. The van der Waals surface area contributed by atoms with Gasteiger partial charge in [0.05, 0.1) is 23.4 Å². The lowest BCUT2D eigenvalue weighted by Crippen LogP contribution is -2.41. The topological polar surface area (TPSA) is 59.4 Å². The Morgan fingerprint density at radius 1 is 1.19 bits per heavy atom. The number of benzene rings is 1. The zero-order chi connectivity index (χ0) is 18.8. The van der Waals surface area contributed by atoms with Gasteiger partial charge in [0.15, 0.2) is 5.13 Å². The minimum absolute atomic E-state index is 0.0339. The summed E-state index contributed by atoms with van der Waals surface area (Å²) in [5.74, 6) is -0.0339. The molecule has 3 heterocycles. The fourth-order valence-corrected chi connectivity index (χ4v) is 4.50. The molecule has 0 unspecified atom stereocenters. The standard InChI is InChI=1S/C20H24N4O2S/c1-14-3-4-15(2)24(14)20-22-17-6-5-16(13-18(17)27-20)19(25)21-7-8-23-9-11-26-12-10-23/h3-6,13H,7-12H2,1-2H3,(H,21,25). The van der Waals surface area contributed by atoms with Crippen LogP contribution in [0.2, 0.25) is 0 Å². The molecule has 3 aromatic rings. The molecule has 4 rings (SSSR count). The fourth-order valence-electron chi connectivity index (χ4n) is 3.37. The van der Waals surface area contributed by atoms with Gasteiger partial charge in [-0.2, -0.15) is 0 Å². The van der Waals surface area contributed by atoms with E-state index in [0.29, 0.717) is 12.1 Å². The summed E-state index contributed by atoms with van der Waals surface area (Å²) in [6.07, 6.45) is 0. The molecule has 27 heavy (non-hydrogen) atoms. The van der Waals surface area contributed by atoms with Crippen molar-refractivity contribution < 1.29 is 9.53 Å². The molecule has 7 heteroatoms. The maximum absolute atomic E-state index is 12.5. The van der Waals surface area contributed by atoms with Crippen molar-refractivity contribution in [3.05, 3.63) is 47.3 Å². The summed E-state index contributed by atoms with van der Waals surface area (Å²) in [5.41, 5.74) is 3.92. The van der Waals surface area contributed by atoms with E-state index in [1.807, 2.05) is 18.2 Å². The molecule has 0 aliphatic carbocycles. The predicted molar refractivity (Wildman–Crippen MR) is 108 cm³/mol. The second-order valence-corrected chi connectivity index (χ2v) is 7.85. The molecule has 1 saturated heterocycles. The molecule has 1 aliphatic heterocycles. The van der Waals surface area contributed by atoms with Crippen LogP contribution in [0.1, 0.15) is 21.7 Å². The van der Waals surface area contributed by atoms with Crippen molar-refractivity contribution in [3.63, 3.8) is 0 Å².